The number of carbonyl (C=O) groups is 1. The van der Waals surface area contributed by atoms with Gasteiger partial charge in [-0.05, 0) is 50.6 Å². The molecule has 1 fully saturated rings. The molecular formula is C21H22F3N5O. The minimum absolute atomic E-state index is 0.107. The molecule has 2 aromatic heterocycles. The van der Waals surface area contributed by atoms with Crippen LogP contribution >= 0.6 is 0 Å². The Labute approximate surface area is 171 Å². The summed E-state index contributed by atoms with van der Waals surface area (Å²) < 4.78 is 40.8. The fraction of sp³-hybridized carbons (Fsp3) is 0.381. The largest absolute Gasteiger partial charge is 0.417 e. The number of piperidine rings is 1. The number of benzene rings is 1. The molecule has 0 saturated carbocycles. The molecule has 2 atom stereocenters. The molecule has 0 spiro atoms. The van der Waals surface area contributed by atoms with E-state index in [1.807, 2.05) is 42.2 Å². The van der Waals surface area contributed by atoms with Gasteiger partial charge in [0.2, 0.25) is 5.91 Å². The molecule has 3 heterocycles. The van der Waals surface area contributed by atoms with Gasteiger partial charge in [0.05, 0.1) is 11.6 Å². The number of aromatic nitrogens is 3. The van der Waals surface area contributed by atoms with E-state index in [1.54, 1.807) is 0 Å². The predicted molar refractivity (Wildman–Crippen MR) is 106 cm³/mol. The topological polar surface area (TPSA) is 62.5 Å². The fourth-order valence-corrected chi connectivity index (χ4v) is 3.86. The van der Waals surface area contributed by atoms with Gasteiger partial charge in [-0.3, -0.25) is 14.1 Å². The molecule has 6 nitrogen and oxygen atoms in total. The van der Waals surface area contributed by atoms with Gasteiger partial charge in [0.15, 0.2) is 5.65 Å². The average molecular weight is 417 g/mol. The number of rotatable bonds is 4. The maximum atomic E-state index is 13.1. The number of amides is 1. The van der Waals surface area contributed by atoms with Crippen LogP contribution in [0.25, 0.3) is 5.65 Å². The van der Waals surface area contributed by atoms with Gasteiger partial charge in [0, 0.05) is 24.3 Å². The van der Waals surface area contributed by atoms with E-state index in [-0.39, 0.29) is 17.9 Å². The van der Waals surface area contributed by atoms with Crippen molar-refractivity contribution < 1.29 is 18.0 Å². The quantitative estimate of drug-likeness (QED) is 0.698. The first kappa shape index (κ1) is 20.3. The van der Waals surface area contributed by atoms with Crippen molar-refractivity contribution in [2.45, 2.75) is 37.9 Å². The minimum atomic E-state index is -4.43. The first-order valence-electron chi connectivity index (χ1n) is 9.85. The maximum Gasteiger partial charge on any atom is 0.417 e. The Hall–Kier alpha value is -2.94. The Morgan fingerprint density at radius 1 is 1.17 bits per heavy atom. The van der Waals surface area contributed by atoms with E-state index in [0.29, 0.717) is 18.0 Å². The maximum absolute atomic E-state index is 13.1. The second-order valence-corrected chi connectivity index (χ2v) is 7.57. The third kappa shape index (κ3) is 4.16. The summed E-state index contributed by atoms with van der Waals surface area (Å²) in [6.45, 7) is 3.11. The van der Waals surface area contributed by atoms with E-state index in [2.05, 4.69) is 15.5 Å². The predicted octanol–water partition coefficient (Wildman–Crippen LogP) is 3.95. The average Bonchev–Trinajstić information content (AvgIpc) is 3.17. The van der Waals surface area contributed by atoms with Crippen molar-refractivity contribution in [2.24, 2.45) is 0 Å². The fourth-order valence-electron chi connectivity index (χ4n) is 3.86. The molecule has 1 aromatic carbocycles. The molecule has 2 unspecified atom stereocenters. The summed E-state index contributed by atoms with van der Waals surface area (Å²) in [5.41, 5.74) is 0.371. The zero-order valence-corrected chi connectivity index (χ0v) is 16.4. The van der Waals surface area contributed by atoms with Gasteiger partial charge in [0.25, 0.3) is 0 Å². The Bertz CT molecular complexity index is 1030. The molecule has 0 radical (unpaired) electrons. The van der Waals surface area contributed by atoms with E-state index >= 15 is 0 Å². The molecule has 0 aliphatic carbocycles. The molecule has 4 rings (SSSR count). The number of alkyl halides is 3. The van der Waals surface area contributed by atoms with Crippen LogP contribution in [0.15, 0.2) is 48.7 Å². The van der Waals surface area contributed by atoms with E-state index in [4.69, 9.17) is 0 Å². The molecule has 1 amide bonds. The summed E-state index contributed by atoms with van der Waals surface area (Å²) in [4.78, 5) is 14.7. The zero-order valence-electron chi connectivity index (χ0n) is 16.4. The number of carbonyl (C=O) groups excluding carboxylic acids is 1. The monoisotopic (exact) mass is 417 g/mol. The summed E-state index contributed by atoms with van der Waals surface area (Å²) in [7, 11) is 0. The number of likely N-dealkylation sites (tertiary alicyclic amines) is 1. The molecule has 1 aliphatic rings. The van der Waals surface area contributed by atoms with Crippen molar-refractivity contribution in [1.82, 2.24) is 19.5 Å². The highest BCUT2D eigenvalue weighted by atomic mass is 19.4. The number of para-hydroxylation sites is 1. The molecule has 1 N–H and O–H groups in total. The van der Waals surface area contributed by atoms with Gasteiger partial charge in [-0.2, -0.15) is 13.2 Å². The lowest BCUT2D eigenvalue weighted by Crippen LogP contribution is -2.46. The number of halogens is 3. The Kier molecular flexibility index (Phi) is 5.46. The van der Waals surface area contributed by atoms with Crippen LogP contribution in [-0.4, -0.2) is 44.5 Å². The molecule has 9 heteroatoms. The van der Waals surface area contributed by atoms with Crippen molar-refractivity contribution in [3.8, 4) is 0 Å². The standard InChI is InChI=1S/C21H22F3N5O/c1-14(20(30)25-17-7-3-2-4-8-17)28-11-5-6-15(12-28)19-27-26-18-10-9-16(13-29(18)19)21(22,23)24/h2-4,7-10,13-15H,5-6,11-12H2,1H3,(H,25,30). The van der Waals surface area contributed by atoms with Gasteiger partial charge in [0.1, 0.15) is 5.82 Å². The second-order valence-electron chi connectivity index (χ2n) is 7.57. The number of fused-ring (bicyclic) bond motifs is 1. The van der Waals surface area contributed by atoms with Crippen molar-refractivity contribution in [3.05, 3.63) is 60.0 Å². The lowest BCUT2D eigenvalue weighted by atomic mass is 9.96. The molecule has 0 bridgehead atoms. The van der Waals surface area contributed by atoms with Crippen LogP contribution in [0, 0.1) is 0 Å². The van der Waals surface area contributed by atoms with Crippen molar-refractivity contribution in [2.75, 3.05) is 18.4 Å². The van der Waals surface area contributed by atoms with E-state index in [1.165, 1.54) is 10.5 Å². The Morgan fingerprint density at radius 3 is 2.67 bits per heavy atom. The minimum Gasteiger partial charge on any atom is -0.325 e. The summed E-state index contributed by atoms with van der Waals surface area (Å²) >= 11 is 0. The van der Waals surface area contributed by atoms with Gasteiger partial charge in [-0.1, -0.05) is 18.2 Å². The van der Waals surface area contributed by atoms with Crippen LogP contribution in [0.2, 0.25) is 0 Å². The number of hydrogen-bond donors (Lipinski definition) is 1. The highest BCUT2D eigenvalue weighted by molar-refractivity contribution is 5.94. The van der Waals surface area contributed by atoms with Crippen molar-refractivity contribution in [3.63, 3.8) is 0 Å². The SMILES string of the molecule is CC(C(=O)Nc1ccccc1)N1CCCC(c2nnc3ccc(C(F)(F)F)cn23)C1. The summed E-state index contributed by atoms with van der Waals surface area (Å²) in [5.74, 6) is 0.271. The highest BCUT2D eigenvalue weighted by Crippen LogP contribution is 2.31. The Balaban J connectivity index is 1.52. The normalized spacial score (nSPS) is 19.0. The number of anilines is 1. The zero-order chi connectivity index (χ0) is 21.3. The van der Waals surface area contributed by atoms with Gasteiger partial charge in [-0.15, -0.1) is 10.2 Å². The first-order valence-corrected chi connectivity index (χ1v) is 9.85. The van der Waals surface area contributed by atoms with E-state index in [9.17, 15) is 18.0 Å². The van der Waals surface area contributed by atoms with E-state index in [0.717, 1.165) is 37.3 Å². The highest BCUT2D eigenvalue weighted by Gasteiger charge is 2.33. The number of nitrogens with zero attached hydrogens (tertiary/aromatic N) is 4. The molecule has 158 valence electrons. The summed E-state index contributed by atoms with van der Waals surface area (Å²) in [5, 5.41) is 11.1. The van der Waals surface area contributed by atoms with Crippen LogP contribution in [0.3, 0.4) is 0 Å². The van der Waals surface area contributed by atoms with Gasteiger partial charge < -0.3 is 5.32 Å². The summed E-state index contributed by atoms with van der Waals surface area (Å²) in [6, 6.07) is 11.2. The van der Waals surface area contributed by atoms with Crippen molar-refractivity contribution >= 4 is 17.2 Å². The van der Waals surface area contributed by atoms with Crippen LogP contribution in [0.5, 0.6) is 0 Å². The smallest absolute Gasteiger partial charge is 0.325 e. The van der Waals surface area contributed by atoms with Gasteiger partial charge in [-0.25, -0.2) is 0 Å². The number of hydrogen-bond acceptors (Lipinski definition) is 4. The Morgan fingerprint density at radius 2 is 1.93 bits per heavy atom. The lowest BCUT2D eigenvalue weighted by molar-refractivity contribution is -0.137. The molecule has 1 aliphatic heterocycles. The second kappa shape index (κ2) is 8.06. The third-order valence-electron chi connectivity index (χ3n) is 5.54. The number of pyridine rings is 1. The van der Waals surface area contributed by atoms with Crippen LogP contribution < -0.4 is 5.32 Å². The van der Waals surface area contributed by atoms with Crippen molar-refractivity contribution in [1.29, 1.82) is 0 Å². The number of nitrogens with one attached hydrogen (secondary N) is 1. The van der Waals surface area contributed by atoms with Crippen LogP contribution in [-0.2, 0) is 11.0 Å². The summed E-state index contributed by atoms with van der Waals surface area (Å²) in [6.07, 6.45) is -1.78. The molecule has 3 aromatic rings. The first-order chi connectivity index (χ1) is 14.3. The van der Waals surface area contributed by atoms with Crippen LogP contribution in [0.1, 0.15) is 37.1 Å². The third-order valence-corrected chi connectivity index (χ3v) is 5.54. The van der Waals surface area contributed by atoms with Gasteiger partial charge >= 0.3 is 6.18 Å². The van der Waals surface area contributed by atoms with E-state index < -0.39 is 11.7 Å². The molecular weight excluding hydrogens is 395 g/mol. The molecule has 30 heavy (non-hydrogen) atoms. The molecule has 1 saturated heterocycles. The lowest BCUT2D eigenvalue weighted by Gasteiger charge is -2.35. The van der Waals surface area contributed by atoms with Crippen LogP contribution in [0.4, 0.5) is 18.9 Å².